The van der Waals surface area contributed by atoms with Gasteiger partial charge in [0.1, 0.15) is 6.33 Å². The molecule has 2 rings (SSSR count). The van der Waals surface area contributed by atoms with Gasteiger partial charge >= 0.3 is 6.09 Å². The molecule has 1 N–H and O–H groups in total. The van der Waals surface area contributed by atoms with Gasteiger partial charge in [0.2, 0.25) is 0 Å². The highest BCUT2D eigenvalue weighted by Gasteiger charge is 2.31. The Balaban J connectivity index is 1.96. The van der Waals surface area contributed by atoms with Crippen LogP contribution in [-0.4, -0.2) is 38.7 Å². The van der Waals surface area contributed by atoms with Gasteiger partial charge in [-0.05, 0) is 18.4 Å². The van der Waals surface area contributed by atoms with Crippen LogP contribution in [0.4, 0.5) is 4.79 Å². The molecule has 5 heteroatoms. The molecule has 0 saturated carbocycles. The van der Waals surface area contributed by atoms with Crippen LogP contribution in [0.25, 0.3) is 0 Å². The molecule has 1 aromatic rings. The summed E-state index contributed by atoms with van der Waals surface area (Å²) in [6.45, 7) is 0.647. The average Bonchev–Trinajstić information content (AvgIpc) is 2.13. The highest BCUT2D eigenvalue weighted by atomic mass is 16.4. The summed E-state index contributed by atoms with van der Waals surface area (Å²) in [7, 11) is 0. The Labute approximate surface area is 81.4 Å². The van der Waals surface area contributed by atoms with E-state index in [0.29, 0.717) is 13.0 Å². The molecular weight excluding hydrogens is 182 g/mol. The van der Waals surface area contributed by atoms with E-state index >= 15 is 0 Å². The second-order valence-corrected chi connectivity index (χ2v) is 3.37. The lowest BCUT2D eigenvalue weighted by molar-refractivity contribution is 0.0756. The van der Waals surface area contributed by atoms with Crippen molar-refractivity contribution in [2.45, 2.75) is 18.9 Å². The highest BCUT2D eigenvalue weighted by molar-refractivity contribution is 5.66. The molecule has 14 heavy (non-hydrogen) atoms. The zero-order valence-electron chi connectivity index (χ0n) is 7.63. The summed E-state index contributed by atoms with van der Waals surface area (Å²) < 4.78 is 0. The molecule has 1 unspecified atom stereocenters. The maximum absolute atomic E-state index is 10.7. The van der Waals surface area contributed by atoms with E-state index in [9.17, 15) is 4.79 Å². The van der Waals surface area contributed by atoms with Gasteiger partial charge in [0.15, 0.2) is 0 Å². The maximum atomic E-state index is 10.7. The highest BCUT2D eigenvalue weighted by Crippen LogP contribution is 2.20. The number of carboxylic acid groups (broad SMARTS) is 1. The van der Waals surface area contributed by atoms with Gasteiger partial charge in [-0.15, -0.1) is 0 Å². The van der Waals surface area contributed by atoms with Crippen LogP contribution in [0, 0.1) is 0 Å². The smallest absolute Gasteiger partial charge is 0.407 e. The molecule has 5 nitrogen and oxygen atoms in total. The van der Waals surface area contributed by atoms with Gasteiger partial charge in [-0.2, -0.15) is 0 Å². The van der Waals surface area contributed by atoms with Gasteiger partial charge in [0.25, 0.3) is 0 Å². The minimum Gasteiger partial charge on any atom is -0.465 e. The Hall–Kier alpha value is -1.65. The number of rotatable bonds is 2. The number of nitrogens with zero attached hydrogens (tertiary/aromatic N) is 3. The van der Waals surface area contributed by atoms with Crippen LogP contribution >= 0.6 is 0 Å². The Morgan fingerprint density at radius 2 is 2.29 bits per heavy atom. The molecule has 1 aromatic heterocycles. The minimum atomic E-state index is -0.835. The van der Waals surface area contributed by atoms with Crippen molar-refractivity contribution in [2.24, 2.45) is 0 Å². The fourth-order valence-corrected chi connectivity index (χ4v) is 1.61. The largest absolute Gasteiger partial charge is 0.465 e. The molecule has 1 aliphatic heterocycles. The molecule has 1 fully saturated rings. The summed E-state index contributed by atoms with van der Waals surface area (Å²) in [5.74, 6) is 0. The summed E-state index contributed by atoms with van der Waals surface area (Å²) in [5.41, 5.74) is 0.989. The van der Waals surface area contributed by atoms with E-state index in [2.05, 4.69) is 9.97 Å². The first kappa shape index (κ1) is 8.93. The van der Waals surface area contributed by atoms with Crippen molar-refractivity contribution in [3.05, 3.63) is 24.3 Å². The van der Waals surface area contributed by atoms with Gasteiger partial charge in [-0.3, -0.25) is 0 Å². The van der Waals surface area contributed by atoms with E-state index in [-0.39, 0.29) is 6.04 Å². The monoisotopic (exact) mass is 193 g/mol. The second-order valence-electron chi connectivity index (χ2n) is 3.37. The lowest BCUT2D eigenvalue weighted by atomic mass is 9.97. The Kier molecular flexibility index (Phi) is 2.30. The van der Waals surface area contributed by atoms with E-state index in [0.717, 1.165) is 12.0 Å². The van der Waals surface area contributed by atoms with Crippen LogP contribution in [0.1, 0.15) is 12.0 Å². The molecule has 2 heterocycles. The number of carbonyl (C=O) groups is 1. The predicted octanol–water partition coefficient (Wildman–Crippen LogP) is 0.771. The quantitative estimate of drug-likeness (QED) is 0.753. The number of amides is 1. The molecule has 0 spiro atoms. The van der Waals surface area contributed by atoms with E-state index in [4.69, 9.17) is 5.11 Å². The molecule has 1 saturated heterocycles. The van der Waals surface area contributed by atoms with E-state index in [1.54, 1.807) is 12.4 Å². The second kappa shape index (κ2) is 3.61. The standard InChI is InChI=1S/C9H11N3O2/c13-9(14)12-2-1-8(12)3-7-4-10-6-11-5-7/h4-6,8H,1-3H2,(H,13,14). The Morgan fingerprint density at radius 3 is 2.79 bits per heavy atom. The van der Waals surface area contributed by atoms with Crippen LogP contribution in [-0.2, 0) is 6.42 Å². The zero-order valence-corrected chi connectivity index (χ0v) is 7.63. The predicted molar refractivity (Wildman–Crippen MR) is 48.9 cm³/mol. The lowest BCUT2D eigenvalue weighted by Gasteiger charge is -2.38. The third-order valence-corrected chi connectivity index (χ3v) is 2.48. The Bertz CT molecular complexity index is 328. The molecule has 1 aliphatic rings. The van der Waals surface area contributed by atoms with E-state index < -0.39 is 6.09 Å². The molecular formula is C9H11N3O2. The third kappa shape index (κ3) is 1.66. The first-order valence-corrected chi connectivity index (χ1v) is 4.51. The van der Waals surface area contributed by atoms with Crippen molar-refractivity contribution in [3.8, 4) is 0 Å². The maximum Gasteiger partial charge on any atom is 0.407 e. The topological polar surface area (TPSA) is 66.3 Å². The van der Waals surface area contributed by atoms with Gasteiger partial charge in [-0.25, -0.2) is 14.8 Å². The zero-order chi connectivity index (χ0) is 9.97. The first-order valence-electron chi connectivity index (χ1n) is 4.51. The average molecular weight is 193 g/mol. The Morgan fingerprint density at radius 1 is 1.57 bits per heavy atom. The fraction of sp³-hybridized carbons (Fsp3) is 0.444. The normalized spacial score (nSPS) is 20.3. The summed E-state index contributed by atoms with van der Waals surface area (Å²) in [6, 6.07) is 0.110. The van der Waals surface area contributed by atoms with Crippen LogP contribution in [0.15, 0.2) is 18.7 Å². The van der Waals surface area contributed by atoms with Crippen molar-refractivity contribution in [1.82, 2.24) is 14.9 Å². The minimum absolute atomic E-state index is 0.110. The van der Waals surface area contributed by atoms with Crippen LogP contribution in [0.3, 0.4) is 0 Å². The summed E-state index contributed by atoms with van der Waals surface area (Å²) >= 11 is 0. The van der Waals surface area contributed by atoms with Crippen LogP contribution in [0.2, 0.25) is 0 Å². The summed E-state index contributed by atoms with van der Waals surface area (Å²) in [6.07, 6.45) is 5.74. The molecule has 1 amide bonds. The van der Waals surface area contributed by atoms with Crippen LogP contribution < -0.4 is 0 Å². The van der Waals surface area contributed by atoms with Crippen molar-refractivity contribution in [3.63, 3.8) is 0 Å². The first-order chi connectivity index (χ1) is 6.77. The van der Waals surface area contributed by atoms with E-state index in [1.165, 1.54) is 11.2 Å². The lowest BCUT2D eigenvalue weighted by Crippen LogP contribution is -2.51. The van der Waals surface area contributed by atoms with Crippen molar-refractivity contribution in [1.29, 1.82) is 0 Å². The van der Waals surface area contributed by atoms with Crippen molar-refractivity contribution < 1.29 is 9.90 Å². The summed E-state index contributed by atoms with van der Waals surface area (Å²) in [4.78, 5) is 19.9. The molecule has 0 bridgehead atoms. The number of hydrogen-bond donors (Lipinski definition) is 1. The van der Waals surface area contributed by atoms with Gasteiger partial charge < -0.3 is 10.0 Å². The fourth-order valence-electron chi connectivity index (χ4n) is 1.61. The number of hydrogen-bond acceptors (Lipinski definition) is 3. The van der Waals surface area contributed by atoms with Crippen molar-refractivity contribution in [2.75, 3.05) is 6.54 Å². The molecule has 0 radical (unpaired) electrons. The third-order valence-electron chi connectivity index (χ3n) is 2.48. The number of likely N-dealkylation sites (tertiary alicyclic amines) is 1. The summed E-state index contributed by atoms with van der Waals surface area (Å²) in [5, 5.41) is 8.78. The molecule has 0 aliphatic carbocycles. The molecule has 0 aromatic carbocycles. The number of aromatic nitrogens is 2. The molecule has 74 valence electrons. The van der Waals surface area contributed by atoms with E-state index in [1.807, 2.05) is 0 Å². The van der Waals surface area contributed by atoms with Gasteiger partial charge in [-0.1, -0.05) is 0 Å². The van der Waals surface area contributed by atoms with Crippen LogP contribution in [0.5, 0.6) is 0 Å². The SMILES string of the molecule is O=C(O)N1CCC1Cc1cncnc1. The van der Waals surface area contributed by atoms with Gasteiger partial charge in [0, 0.05) is 25.0 Å². The molecule has 1 atom stereocenters. The van der Waals surface area contributed by atoms with Crippen molar-refractivity contribution >= 4 is 6.09 Å². The van der Waals surface area contributed by atoms with Gasteiger partial charge in [0.05, 0.1) is 0 Å².